The highest BCUT2D eigenvalue weighted by Crippen LogP contribution is 2.34. The van der Waals surface area contributed by atoms with Crippen molar-refractivity contribution in [2.45, 2.75) is 19.5 Å². The number of fused-ring (bicyclic) bond motifs is 1. The number of rotatable bonds is 7. The van der Waals surface area contributed by atoms with Gasteiger partial charge in [-0.25, -0.2) is 0 Å². The van der Waals surface area contributed by atoms with Crippen LogP contribution >= 0.6 is 0 Å². The zero-order valence-electron chi connectivity index (χ0n) is 20.8. The summed E-state index contributed by atoms with van der Waals surface area (Å²) >= 11 is 0. The van der Waals surface area contributed by atoms with E-state index in [1.807, 2.05) is 70.5 Å². The highest BCUT2D eigenvalue weighted by Gasteiger charge is 2.35. The predicted octanol–water partition coefficient (Wildman–Crippen LogP) is 4.63. The first kappa shape index (κ1) is 23.7. The van der Waals surface area contributed by atoms with E-state index < -0.39 is 0 Å². The molecule has 3 aromatic rings. The molecular formula is C29H32N4O3. The Bertz CT molecular complexity index is 1220. The van der Waals surface area contributed by atoms with E-state index in [4.69, 9.17) is 4.74 Å². The molecule has 2 aliphatic heterocycles. The molecule has 0 aliphatic carbocycles. The number of methoxy groups -OCH3 is 1. The number of anilines is 2. The second-order valence-electron chi connectivity index (χ2n) is 9.19. The Labute approximate surface area is 212 Å². The Morgan fingerprint density at radius 2 is 1.64 bits per heavy atom. The van der Waals surface area contributed by atoms with Crippen molar-refractivity contribution in [3.63, 3.8) is 0 Å². The highest BCUT2D eigenvalue weighted by molar-refractivity contribution is 5.99. The molecular weight excluding hydrogens is 452 g/mol. The molecule has 7 heteroatoms. The second kappa shape index (κ2) is 10.3. The number of carbonyl (C=O) groups excluding carboxylic acids is 2. The lowest BCUT2D eigenvalue weighted by Crippen LogP contribution is -2.48. The molecule has 36 heavy (non-hydrogen) atoms. The topological polar surface area (TPSA) is 65.1 Å². The number of piperazine rings is 1. The Hall–Kier alpha value is -4.00. The molecule has 2 aliphatic rings. The van der Waals surface area contributed by atoms with Gasteiger partial charge >= 0.3 is 0 Å². The minimum atomic E-state index is -0.207. The van der Waals surface area contributed by atoms with Crippen molar-refractivity contribution in [3.05, 3.63) is 89.5 Å². The summed E-state index contributed by atoms with van der Waals surface area (Å²) in [6.07, 6.45) is 0.679. The summed E-state index contributed by atoms with van der Waals surface area (Å²) in [7, 11) is 1.66. The van der Waals surface area contributed by atoms with Gasteiger partial charge in [-0.3, -0.25) is 9.59 Å². The molecule has 0 saturated carbocycles. The molecule has 3 aromatic carbocycles. The zero-order chi connectivity index (χ0) is 25.1. The van der Waals surface area contributed by atoms with Gasteiger partial charge in [0.1, 0.15) is 11.9 Å². The zero-order valence-corrected chi connectivity index (χ0v) is 20.8. The van der Waals surface area contributed by atoms with Gasteiger partial charge in [0.15, 0.2) is 0 Å². The Balaban J connectivity index is 1.22. The van der Waals surface area contributed by atoms with E-state index in [2.05, 4.69) is 29.3 Å². The van der Waals surface area contributed by atoms with Gasteiger partial charge in [-0.05, 0) is 61.0 Å². The molecule has 7 nitrogen and oxygen atoms in total. The van der Waals surface area contributed by atoms with Gasteiger partial charge in [-0.2, -0.15) is 0 Å². The first-order valence-electron chi connectivity index (χ1n) is 12.5. The van der Waals surface area contributed by atoms with Gasteiger partial charge in [0.2, 0.25) is 0 Å². The van der Waals surface area contributed by atoms with Crippen LogP contribution in [-0.4, -0.2) is 61.4 Å². The quantitative estimate of drug-likeness (QED) is 0.530. The average molecular weight is 485 g/mol. The molecule has 0 aromatic heterocycles. The summed E-state index contributed by atoms with van der Waals surface area (Å²) in [5, 5.41) is 3.50. The lowest BCUT2D eigenvalue weighted by atomic mass is 10.1. The van der Waals surface area contributed by atoms with Crippen molar-refractivity contribution in [1.82, 2.24) is 9.80 Å². The van der Waals surface area contributed by atoms with E-state index >= 15 is 0 Å². The Morgan fingerprint density at radius 1 is 0.944 bits per heavy atom. The maximum Gasteiger partial charge on any atom is 0.256 e. The fourth-order valence-electron chi connectivity index (χ4n) is 5.01. The van der Waals surface area contributed by atoms with Crippen LogP contribution in [0.15, 0.2) is 72.8 Å². The number of benzene rings is 3. The molecule has 1 atom stereocenters. The van der Waals surface area contributed by atoms with E-state index in [9.17, 15) is 9.59 Å². The first-order valence-corrected chi connectivity index (χ1v) is 12.5. The van der Waals surface area contributed by atoms with Crippen molar-refractivity contribution in [2.75, 3.05) is 50.1 Å². The lowest BCUT2D eigenvalue weighted by Gasteiger charge is -2.36. The summed E-state index contributed by atoms with van der Waals surface area (Å²) in [5.41, 5.74) is 4.44. The molecule has 5 rings (SSSR count). The molecule has 1 fully saturated rings. The van der Waals surface area contributed by atoms with Crippen molar-refractivity contribution in [2.24, 2.45) is 0 Å². The van der Waals surface area contributed by atoms with Crippen LogP contribution in [0.25, 0.3) is 0 Å². The number of carbonyl (C=O) groups is 2. The van der Waals surface area contributed by atoms with Crippen molar-refractivity contribution >= 4 is 23.2 Å². The predicted molar refractivity (Wildman–Crippen MR) is 142 cm³/mol. The monoisotopic (exact) mass is 484 g/mol. The van der Waals surface area contributed by atoms with Crippen LogP contribution in [0.1, 0.15) is 45.8 Å². The maximum atomic E-state index is 13.1. The minimum Gasteiger partial charge on any atom is -0.497 e. The van der Waals surface area contributed by atoms with Crippen LogP contribution in [0.4, 0.5) is 11.4 Å². The summed E-state index contributed by atoms with van der Waals surface area (Å²) in [6.45, 7) is 5.70. The average Bonchev–Trinajstić information content (AvgIpc) is 3.19. The summed E-state index contributed by atoms with van der Waals surface area (Å²) in [4.78, 5) is 32.1. The SMILES string of the molecule is CCCN1C(=O)c2ccccc2C1Nc1ccc(C(=O)N2CCN(c3ccc(OC)cc3)CC2)cc1. The van der Waals surface area contributed by atoms with Crippen molar-refractivity contribution in [3.8, 4) is 5.75 Å². The Kier molecular flexibility index (Phi) is 6.80. The Morgan fingerprint density at radius 3 is 2.31 bits per heavy atom. The van der Waals surface area contributed by atoms with E-state index in [1.54, 1.807) is 7.11 Å². The fourth-order valence-corrected chi connectivity index (χ4v) is 5.01. The molecule has 0 radical (unpaired) electrons. The fraction of sp³-hybridized carbons (Fsp3) is 0.310. The van der Waals surface area contributed by atoms with E-state index in [0.29, 0.717) is 25.2 Å². The molecule has 2 heterocycles. The molecule has 0 bridgehead atoms. The van der Waals surface area contributed by atoms with Crippen LogP contribution in [0.2, 0.25) is 0 Å². The number of amides is 2. The lowest BCUT2D eigenvalue weighted by molar-refractivity contribution is 0.0738. The molecule has 186 valence electrons. The van der Waals surface area contributed by atoms with Crippen molar-refractivity contribution < 1.29 is 14.3 Å². The second-order valence-corrected chi connectivity index (χ2v) is 9.19. The van der Waals surface area contributed by atoms with Gasteiger partial charge in [-0.1, -0.05) is 25.1 Å². The number of hydrogen-bond donors (Lipinski definition) is 1. The molecule has 2 amide bonds. The van der Waals surface area contributed by atoms with Crippen LogP contribution < -0.4 is 15.0 Å². The van der Waals surface area contributed by atoms with E-state index in [0.717, 1.165) is 47.8 Å². The van der Waals surface area contributed by atoms with Crippen molar-refractivity contribution in [1.29, 1.82) is 0 Å². The van der Waals surface area contributed by atoms with Crippen LogP contribution in [-0.2, 0) is 0 Å². The van der Waals surface area contributed by atoms with E-state index in [1.165, 1.54) is 0 Å². The van der Waals surface area contributed by atoms with Crippen LogP contribution in [0.5, 0.6) is 5.75 Å². The summed E-state index contributed by atoms with van der Waals surface area (Å²) in [6, 6.07) is 23.4. The number of hydrogen-bond acceptors (Lipinski definition) is 5. The molecule has 0 spiro atoms. The van der Waals surface area contributed by atoms with Crippen LogP contribution in [0.3, 0.4) is 0 Å². The standard InChI is InChI=1S/C29H32N4O3/c1-3-16-33-27(25-6-4-5-7-26(25)29(33)35)30-22-10-8-21(9-11-22)28(34)32-19-17-31(18-20-32)23-12-14-24(36-2)15-13-23/h4-15,27,30H,3,16-20H2,1-2H3. The van der Waals surface area contributed by atoms with Gasteiger partial charge in [0, 0.05) is 60.8 Å². The molecule has 1 N–H and O–H groups in total. The third kappa shape index (κ3) is 4.61. The number of nitrogens with one attached hydrogen (secondary N) is 1. The third-order valence-corrected chi connectivity index (χ3v) is 6.96. The molecule has 1 unspecified atom stereocenters. The normalized spacial score (nSPS) is 17.2. The van der Waals surface area contributed by atoms with Gasteiger partial charge < -0.3 is 24.8 Å². The summed E-state index contributed by atoms with van der Waals surface area (Å²) < 4.78 is 5.24. The van der Waals surface area contributed by atoms with Gasteiger partial charge in [0.25, 0.3) is 11.8 Å². The molecule has 1 saturated heterocycles. The highest BCUT2D eigenvalue weighted by atomic mass is 16.5. The van der Waals surface area contributed by atoms with Gasteiger partial charge in [-0.15, -0.1) is 0 Å². The number of ether oxygens (including phenoxy) is 1. The third-order valence-electron chi connectivity index (χ3n) is 6.96. The maximum absolute atomic E-state index is 13.1. The van der Waals surface area contributed by atoms with E-state index in [-0.39, 0.29) is 18.0 Å². The largest absolute Gasteiger partial charge is 0.497 e. The summed E-state index contributed by atoms with van der Waals surface area (Å²) in [5.74, 6) is 0.947. The first-order chi connectivity index (χ1) is 17.6. The minimum absolute atomic E-state index is 0.0462. The van der Waals surface area contributed by atoms with Crippen LogP contribution in [0, 0.1) is 0 Å². The smallest absolute Gasteiger partial charge is 0.256 e. The number of nitrogens with zero attached hydrogens (tertiary/aromatic N) is 3. The van der Waals surface area contributed by atoms with Gasteiger partial charge in [0.05, 0.1) is 7.11 Å².